The fourth-order valence-corrected chi connectivity index (χ4v) is 1.41. The van der Waals surface area contributed by atoms with Gasteiger partial charge in [0.15, 0.2) is 0 Å². The maximum atomic E-state index is 9.55. The Kier molecular flexibility index (Phi) is 4.33. The molecule has 1 aromatic heterocycles. The van der Waals surface area contributed by atoms with Crippen molar-refractivity contribution in [1.82, 2.24) is 4.98 Å². The summed E-state index contributed by atoms with van der Waals surface area (Å²) in [5.74, 6) is 0. The number of pyridine rings is 1. The second kappa shape index (κ2) is 5.53. The number of ether oxygens (including phenoxy) is 1. The standard InChI is InChI=1S/C10H17N3O2/c1-13(6-8(14)7-15-2)10-3-4-12-5-9(10)11/h3-5,8,14H,6-7,11H2,1-2H3. The SMILES string of the molecule is COCC(O)CN(C)c1ccncc1N. The summed E-state index contributed by atoms with van der Waals surface area (Å²) in [5.41, 5.74) is 7.22. The van der Waals surface area contributed by atoms with Gasteiger partial charge in [0.25, 0.3) is 0 Å². The number of nitrogens with two attached hydrogens (primary N) is 1. The third-order valence-corrected chi connectivity index (χ3v) is 2.08. The van der Waals surface area contributed by atoms with Gasteiger partial charge in [-0.25, -0.2) is 0 Å². The van der Waals surface area contributed by atoms with Crippen molar-refractivity contribution in [3.05, 3.63) is 18.5 Å². The number of likely N-dealkylation sites (N-methyl/N-ethyl adjacent to an activating group) is 1. The topological polar surface area (TPSA) is 71.6 Å². The molecule has 1 aromatic rings. The van der Waals surface area contributed by atoms with Gasteiger partial charge in [-0.05, 0) is 6.07 Å². The lowest BCUT2D eigenvalue weighted by Crippen LogP contribution is -2.32. The Balaban J connectivity index is 2.61. The van der Waals surface area contributed by atoms with Gasteiger partial charge in [-0.3, -0.25) is 4.98 Å². The van der Waals surface area contributed by atoms with E-state index >= 15 is 0 Å². The molecule has 84 valence electrons. The Morgan fingerprint density at radius 1 is 1.67 bits per heavy atom. The van der Waals surface area contributed by atoms with Crippen LogP contribution in [0, 0.1) is 0 Å². The highest BCUT2D eigenvalue weighted by molar-refractivity contribution is 5.65. The molecule has 0 fully saturated rings. The van der Waals surface area contributed by atoms with Crippen LogP contribution in [-0.4, -0.2) is 43.5 Å². The highest BCUT2D eigenvalue weighted by Crippen LogP contribution is 2.19. The Bertz CT molecular complexity index is 306. The predicted octanol–water partition coefficient (Wildman–Crippen LogP) is 0.107. The zero-order valence-corrected chi connectivity index (χ0v) is 9.05. The van der Waals surface area contributed by atoms with Gasteiger partial charge < -0.3 is 20.5 Å². The first-order chi connectivity index (χ1) is 7.15. The van der Waals surface area contributed by atoms with Crippen LogP contribution in [0.3, 0.4) is 0 Å². The van der Waals surface area contributed by atoms with Gasteiger partial charge >= 0.3 is 0 Å². The molecule has 0 spiro atoms. The van der Waals surface area contributed by atoms with Crippen molar-refractivity contribution in [2.75, 3.05) is 37.9 Å². The van der Waals surface area contributed by atoms with Gasteiger partial charge in [0.1, 0.15) is 0 Å². The molecule has 0 aliphatic rings. The van der Waals surface area contributed by atoms with Crippen LogP contribution >= 0.6 is 0 Å². The molecule has 0 radical (unpaired) electrons. The number of nitrogens with zero attached hydrogens (tertiary/aromatic N) is 2. The smallest absolute Gasteiger partial charge is 0.0947 e. The van der Waals surface area contributed by atoms with Crippen molar-refractivity contribution < 1.29 is 9.84 Å². The fraction of sp³-hybridized carbons (Fsp3) is 0.500. The molecule has 1 heterocycles. The number of aromatic nitrogens is 1. The molecule has 0 saturated heterocycles. The molecule has 0 aromatic carbocycles. The van der Waals surface area contributed by atoms with Gasteiger partial charge in [-0.2, -0.15) is 0 Å². The molecule has 0 bridgehead atoms. The molecule has 1 atom stereocenters. The van der Waals surface area contributed by atoms with E-state index in [0.717, 1.165) is 5.69 Å². The second-order valence-corrected chi connectivity index (χ2v) is 3.42. The van der Waals surface area contributed by atoms with E-state index in [0.29, 0.717) is 18.8 Å². The third kappa shape index (κ3) is 3.38. The van der Waals surface area contributed by atoms with E-state index < -0.39 is 6.10 Å². The molecule has 3 N–H and O–H groups in total. The summed E-state index contributed by atoms with van der Waals surface area (Å²) in [6, 6.07) is 1.81. The van der Waals surface area contributed by atoms with Crippen molar-refractivity contribution in [2.24, 2.45) is 0 Å². The number of methoxy groups -OCH3 is 1. The number of aliphatic hydroxyl groups excluding tert-OH is 1. The quantitative estimate of drug-likeness (QED) is 0.723. The van der Waals surface area contributed by atoms with Crippen LogP contribution in [0.5, 0.6) is 0 Å². The summed E-state index contributed by atoms with van der Waals surface area (Å²) in [4.78, 5) is 5.78. The van der Waals surface area contributed by atoms with Crippen molar-refractivity contribution in [2.45, 2.75) is 6.10 Å². The van der Waals surface area contributed by atoms with Crippen LogP contribution in [0.25, 0.3) is 0 Å². The Morgan fingerprint density at radius 2 is 2.40 bits per heavy atom. The monoisotopic (exact) mass is 211 g/mol. The molecule has 1 unspecified atom stereocenters. The first kappa shape index (κ1) is 11.7. The van der Waals surface area contributed by atoms with Crippen molar-refractivity contribution in [1.29, 1.82) is 0 Å². The first-order valence-corrected chi connectivity index (χ1v) is 4.72. The van der Waals surface area contributed by atoms with E-state index in [1.807, 2.05) is 18.0 Å². The second-order valence-electron chi connectivity index (χ2n) is 3.42. The van der Waals surface area contributed by atoms with Crippen LogP contribution in [-0.2, 0) is 4.74 Å². The van der Waals surface area contributed by atoms with E-state index in [4.69, 9.17) is 10.5 Å². The van der Waals surface area contributed by atoms with Gasteiger partial charge in [-0.15, -0.1) is 0 Å². The summed E-state index contributed by atoms with van der Waals surface area (Å²) in [6.07, 6.45) is 2.74. The van der Waals surface area contributed by atoms with Crippen LogP contribution in [0.1, 0.15) is 0 Å². The molecule has 0 saturated carbocycles. The summed E-state index contributed by atoms with van der Waals surface area (Å²) >= 11 is 0. The summed E-state index contributed by atoms with van der Waals surface area (Å²) in [6.45, 7) is 0.789. The number of nitrogen functional groups attached to an aromatic ring is 1. The molecular formula is C10H17N3O2. The van der Waals surface area contributed by atoms with Crippen LogP contribution in [0.2, 0.25) is 0 Å². The molecule has 0 aliphatic carbocycles. The predicted molar refractivity (Wildman–Crippen MR) is 59.8 cm³/mol. The van der Waals surface area contributed by atoms with E-state index in [1.165, 1.54) is 0 Å². The highest BCUT2D eigenvalue weighted by Gasteiger charge is 2.10. The number of hydrogen-bond donors (Lipinski definition) is 2. The fourth-order valence-electron chi connectivity index (χ4n) is 1.41. The summed E-state index contributed by atoms with van der Waals surface area (Å²) < 4.78 is 4.85. The summed E-state index contributed by atoms with van der Waals surface area (Å²) in [5, 5.41) is 9.55. The average Bonchev–Trinajstić information content (AvgIpc) is 2.18. The van der Waals surface area contributed by atoms with Crippen molar-refractivity contribution >= 4 is 11.4 Å². The Labute approximate surface area is 89.5 Å². The maximum absolute atomic E-state index is 9.55. The third-order valence-electron chi connectivity index (χ3n) is 2.08. The number of aliphatic hydroxyl groups is 1. The van der Waals surface area contributed by atoms with Gasteiger partial charge in [0.05, 0.1) is 30.3 Å². The van der Waals surface area contributed by atoms with Gasteiger partial charge in [-0.1, -0.05) is 0 Å². The van der Waals surface area contributed by atoms with E-state index in [-0.39, 0.29) is 0 Å². The average molecular weight is 211 g/mol. The van der Waals surface area contributed by atoms with Crippen LogP contribution in [0.15, 0.2) is 18.5 Å². The molecule has 1 rings (SSSR count). The minimum absolute atomic E-state index is 0.315. The number of hydrogen-bond acceptors (Lipinski definition) is 5. The Hall–Kier alpha value is -1.33. The zero-order valence-electron chi connectivity index (χ0n) is 9.05. The van der Waals surface area contributed by atoms with Crippen LogP contribution in [0.4, 0.5) is 11.4 Å². The van der Waals surface area contributed by atoms with E-state index in [2.05, 4.69) is 4.98 Å². The largest absolute Gasteiger partial charge is 0.396 e. The normalized spacial score (nSPS) is 12.5. The molecule has 5 nitrogen and oxygen atoms in total. The molecule has 0 amide bonds. The van der Waals surface area contributed by atoms with Gasteiger partial charge in [0, 0.05) is 26.9 Å². The molecule has 0 aliphatic heterocycles. The highest BCUT2D eigenvalue weighted by atomic mass is 16.5. The first-order valence-electron chi connectivity index (χ1n) is 4.72. The van der Waals surface area contributed by atoms with Crippen molar-refractivity contribution in [3.8, 4) is 0 Å². The summed E-state index contributed by atoms with van der Waals surface area (Å²) in [7, 11) is 3.43. The number of anilines is 2. The lowest BCUT2D eigenvalue weighted by atomic mass is 10.3. The minimum atomic E-state index is -0.521. The van der Waals surface area contributed by atoms with Crippen LogP contribution < -0.4 is 10.6 Å². The van der Waals surface area contributed by atoms with E-state index in [9.17, 15) is 5.11 Å². The molecular weight excluding hydrogens is 194 g/mol. The zero-order chi connectivity index (χ0) is 11.3. The maximum Gasteiger partial charge on any atom is 0.0947 e. The lowest BCUT2D eigenvalue weighted by molar-refractivity contribution is 0.0695. The molecule has 5 heteroatoms. The minimum Gasteiger partial charge on any atom is -0.396 e. The van der Waals surface area contributed by atoms with Crippen molar-refractivity contribution in [3.63, 3.8) is 0 Å². The van der Waals surface area contributed by atoms with E-state index in [1.54, 1.807) is 19.5 Å². The molecule has 15 heavy (non-hydrogen) atoms. The van der Waals surface area contributed by atoms with Gasteiger partial charge in [0.2, 0.25) is 0 Å². The lowest BCUT2D eigenvalue weighted by Gasteiger charge is -2.23. The number of rotatable bonds is 5. The Morgan fingerprint density at radius 3 is 3.00 bits per heavy atom.